The second kappa shape index (κ2) is 9.12. The van der Waals surface area contributed by atoms with Crippen LogP contribution in [0.4, 0.5) is 11.4 Å². The molecule has 0 aliphatic heterocycles. The van der Waals surface area contributed by atoms with Crippen molar-refractivity contribution in [1.29, 1.82) is 0 Å². The van der Waals surface area contributed by atoms with Gasteiger partial charge in [-0.15, -0.1) is 0 Å². The number of nitrogens with one attached hydrogen (secondary N) is 1. The van der Waals surface area contributed by atoms with Crippen molar-refractivity contribution in [2.45, 2.75) is 39.8 Å². The Kier molecular flexibility index (Phi) is 6.57. The van der Waals surface area contributed by atoms with Crippen molar-refractivity contribution < 1.29 is 9.59 Å². The van der Waals surface area contributed by atoms with Gasteiger partial charge in [0.25, 0.3) is 0 Å². The van der Waals surface area contributed by atoms with Gasteiger partial charge >= 0.3 is 0 Å². The van der Waals surface area contributed by atoms with Crippen LogP contribution in [0.3, 0.4) is 0 Å². The minimum atomic E-state index is -0.0840. The fourth-order valence-corrected chi connectivity index (χ4v) is 3.40. The van der Waals surface area contributed by atoms with Crippen LogP contribution in [0.15, 0.2) is 48.5 Å². The van der Waals surface area contributed by atoms with Gasteiger partial charge in [-0.3, -0.25) is 9.59 Å². The Balaban J connectivity index is 1.87. The number of anilines is 2. The molecule has 0 heterocycles. The van der Waals surface area contributed by atoms with E-state index in [-0.39, 0.29) is 23.7 Å². The molecule has 154 valence electrons. The van der Waals surface area contributed by atoms with Gasteiger partial charge in [-0.25, -0.2) is 0 Å². The third-order valence-corrected chi connectivity index (χ3v) is 5.16. The molecule has 1 N–H and O–H groups in total. The second-order valence-electron chi connectivity index (χ2n) is 8.34. The number of hydrogen-bond donors (Lipinski definition) is 1. The highest BCUT2D eigenvalue weighted by molar-refractivity contribution is 5.94. The summed E-state index contributed by atoms with van der Waals surface area (Å²) in [6.45, 7) is 4.91. The number of amides is 2. The quantitative estimate of drug-likeness (QED) is 0.728. The molecule has 29 heavy (non-hydrogen) atoms. The third-order valence-electron chi connectivity index (χ3n) is 5.16. The Bertz CT molecular complexity index is 858. The van der Waals surface area contributed by atoms with Gasteiger partial charge in [-0.1, -0.05) is 44.2 Å². The second-order valence-corrected chi connectivity index (χ2v) is 8.34. The standard InChI is InChI=1S/C24H31N3O2/c1-17(2)24(29)27(15-18-8-6-5-7-9-18)16-20-14-21(12-13-22(20)26(3)4)25-23(28)19-10-11-19/h5-9,12-14,17,19H,10-11,15-16H2,1-4H3,(H,25,28). The molecule has 0 bridgehead atoms. The van der Waals surface area contributed by atoms with E-state index in [1.54, 1.807) is 0 Å². The SMILES string of the molecule is CC(C)C(=O)N(Cc1ccccc1)Cc1cc(NC(=O)C2CC2)ccc1N(C)C. The maximum absolute atomic E-state index is 12.9. The summed E-state index contributed by atoms with van der Waals surface area (Å²) >= 11 is 0. The number of carbonyl (C=O) groups is 2. The van der Waals surface area contributed by atoms with Crippen molar-refractivity contribution in [2.75, 3.05) is 24.3 Å². The van der Waals surface area contributed by atoms with Crippen molar-refractivity contribution in [3.8, 4) is 0 Å². The van der Waals surface area contributed by atoms with Crippen LogP contribution in [-0.4, -0.2) is 30.8 Å². The van der Waals surface area contributed by atoms with Gasteiger partial charge in [0.05, 0.1) is 0 Å². The van der Waals surface area contributed by atoms with E-state index in [1.165, 1.54) is 0 Å². The summed E-state index contributed by atoms with van der Waals surface area (Å²) in [7, 11) is 3.99. The molecule has 2 aromatic rings. The Morgan fingerprint density at radius 1 is 1.03 bits per heavy atom. The molecule has 1 aliphatic rings. The average molecular weight is 394 g/mol. The molecule has 1 fully saturated rings. The number of nitrogens with zero attached hydrogens (tertiary/aromatic N) is 2. The largest absolute Gasteiger partial charge is 0.377 e. The third kappa shape index (κ3) is 5.59. The molecule has 5 nitrogen and oxygen atoms in total. The Morgan fingerprint density at radius 3 is 2.31 bits per heavy atom. The summed E-state index contributed by atoms with van der Waals surface area (Å²) in [5.74, 6) is 0.280. The highest BCUT2D eigenvalue weighted by Crippen LogP contribution is 2.31. The minimum Gasteiger partial charge on any atom is -0.377 e. The van der Waals surface area contributed by atoms with Gasteiger partial charge in [0.15, 0.2) is 0 Å². The van der Waals surface area contributed by atoms with Crippen LogP contribution in [0.1, 0.15) is 37.8 Å². The molecule has 0 saturated heterocycles. The fraction of sp³-hybridized carbons (Fsp3) is 0.417. The summed E-state index contributed by atoms with van der Waals surface area (Å²) in [6.07, 6.45) is 1.95. The first-order valence-electron chi connectivity index (χ1n) is 10.3. The first-order chi connectivity index (χ1) is 13.8. The van der Waals surface area contributed by atoms with Crippen LogP contribution in [0.2, 0.25) is 0 Å². The number of benzene rings is 2. The van der Waals surface area contributed by atoms with Crippen LogP contribution in [0.5, 0.6) is 0 Å². The smallest absolute Gasteiger partial charge is 0.227 e. The lowest BCUT2D eigenvalue weighted by atomic mass is 10.1. The lowest BCUT2D eigenvalue weighted by molar-refractivity contribution is -0.135. The fourth-order valence-electron chi connectivity index (χ4n) is 3.40. The van der Waals surface area contributed by atoms with Crippen molar-refractivity contribution in [1.82, 2.24) is 4.90 Å². The van der Waals surface area contributed by atoms with Crippen molar-refractivity contribution in [3.63, 3.8) is 0 Å². The van der Waals surface area contributed by atoms with E-state index >= 15 is 0 Å². The number of rotatable bonds is 8. The average Bonchev–Trinajstić information content (AvgIpc) is 3.53. The number of hydrogen-bond acceptors (Lipinski definition) is 3. The first-order valence-corrected chi connectivity index (χ1v) is 10.3. The van der Waals surface area contributed by atoms with Crippen LogP contribution < -0.4 is 10.2 Å². The molecule has 2 aromatic carbocycles. The Morgan fingerprint density at radius 2 is 1.72 bits per heavy atom. The van der Waals surface area contributed by atoms with Crippen LogP contribution >= 0.6 is 0 Å². The van der Waals surface area contributed by atoms with Crippen LogP contribution in [-0.2, 0) is 22.7 Å². The van der Waals surface area contributed by atoms with Gasteiger partial charge in [0, 0.05) is 50.4 Å². The van der Waals surface area contributed by atoms with E-state index in [4.69, 9.17) is 0 Å². The topological polar surface area (TPSA) is 52.7 Å². The molecule has 0 aromatic heterocycles. The zero-order valence-electron chi connectivity index (χ0n) is 17.8. The lowest BCUT2D eigenvalue weighted by Crippen LogP contribution is -2.34. The molecule has 1 saturated carbocycles. The van der Waals surface area contributed by atoms with Gasteiger partial charge in [-0.2, -0.15) is 0 Å². The predicted molar refractivity (Wildman–Crippen MR) is 118 cm³/mol. The number of carbonyl (C=O) groups excluding carboxylic acids is 2. The van der Waals surface area contributed by atoms with Crippen LogP contribution in [0.25, 0.3) is 0 Å². The van der Waals surface area contributed by atoms with E-state index in [9.17, 15) is 9.59 Å². The van der Waals surface area contributed by atoms with E-state index in [0.717, 1.165) is 35.3 Å². The summed E-state index contributed by atoms with van der Waals surface area (Å²) in [5.41, 5.74) is 3.96. The van der Waals surface area contributed by atoms with E-state index in [0.29, 0.717) is 13.1 Å². The maximum Gasteiger partial charge on any atom is 0.227 e. The minimum absolute atomic E-state index is 0.0840. The van der Waals surface area contributed by atoms with Crippen molar-refractivity contribution >= 4 is 23.2 Å². The molecule has 2 amide bonds. The Labute approximate surface area is 173 Å². The van der Waals surface area contributed by atoms with E-state index in [2.05, 4.69) is 5.32 Å². The zero-order chi connectivity index (χ0) is 21.0. The summed E-state index contributed by atoms with van der Waals surface area (Å²) in [4.78, 5) is 29.1. The summed E-state index contributed by atoms with van der Waals surface area (Å²) < 4.78 is 0. The summed E-state index contributed by atoms with van der Waals surface area (Å²) in [5, 5.41) is 3.02. The van der Waals surface area contributed by atoms with Crippen molar-refractivity contribution in [3.05, 3.63) is 59.7 Å². The molecule has 5 heteroatoms. The molecule has 0 unspecified atom stereocenters. The Hall–Kier alpha value is -2.82. The molecule has 0 atom stereocenters. The molecule has 0 radical (unpaired) electrons. The molecule has 0 spiro atoms. The van der Waals surface area contributed by atoms with Gasteiger partial charge in [0.1, 0.15) is 0 Å². The summed E-state index contributed by atoms with van der Waals surface area (Å²) in [6, 6.07) is 16.0. The first kappa shape index (κ1) is 20.9. The van der Waals surface area contributed by atoms with Crippen LogP contribution in [0, 0.1) is 11.8 Å². The monoisotopic (exact) mass is 393 g/mol. The van der Waals surface area contributed by atoms with Gasteiger partial charge in [0.2, 0.25) is 11.8 Å². The molecular weight excluding hydrogens is 362 g/mol. The van der Waals surface area contributed by atoms with Gasteiger partial charge < -0.3 is 15.1 Å². The maximum atomic E-state index is 12.9. The van der Waals surface area contributed by atoms with Gasteiger partial charge in [-0.05, 0) is 42.2 Å². The normalized spacial score (nSPS) is 13.3. The lowest BCUT2D eigenvalue weighted by Gasteiger charge is -2.28. The molecule has 1 aliphatic carbocycles. The van der Waals surface area contributed by atoms with Crippen molar-refractivity contribution in [2.24, 2.45) is 11.8 Å². The predicted octanol–water partition coefficient (Wildman–Crippen LogP) is 4.29. The molecular formula is C24H31N3O2. The highest BCUT2D eigenvalue weighted by Gasteiger charge is 2.29. The van der Waals surface area contributed by atoms with E-state index < -0.39 is 0 Å². The van der Waals surface area contributed by atoms with E-state index in [1.807, 2.05) is 86.3 Å². The highest BCUT2D eigenvalue weighted by atomic mass is 16.2. The molecule has 3 rings (SSSR count). The zero-order valence-corrected chi connectivity index (χ0v) is 17.8.